The molecule has 2 aromatic rings. The normalized spacial score (nSPS) is 13.3. The molecule has 1 unspecified atom stereocenters. The summed E-state index contributed by atoms with van der Waals surface area (Å²) in [7, 11) is 0. The van der Waals surface area contributed by atoms with Crippen molar-refractivity contribution in [2.45, 2.75) is 12.5 Å². The van der Waals surface area contributed by atoms with Gasteiger partial charge in [0.25, 0.3) is 0 Å². The molecule has 1 atom stereocenters. The molecule has 0 fully saturated rings. The minimum atomic E-state index is -1.14. The smallest absolute Gasteiger partial charge is 0.138 e. The summed E-state index contributed by atoms with van der Waals surface area (Å²) in [6, 6.07) is 16.1. The van der Waals surface area contributed by atoms with Gasteiger partial charge in [-0.2, -0.15) is 5.26 Å². The molecule has 102 valence electrons. The van der Waals surface area contributed by atoms with Crippen LogP contribution in [0.25, 0.3) is 0 Å². The molecule has 0 aliphatic heterocycles. The van der Waals surface area contributed by atoms with Crippen LogP contribution in [0.4, 0.5) is 0 Å². The molecular formula is C16H14ClNO2. The van der Waals surface area contributed by atoms with Crippen LogP contribution < -0.4 is 4.74 Å². The number of hydrogen-bond acceptors (Lipinski definition) is 3. The number of rotatable bonds is 4. The summed E-state index contributed by atoms with van der Waals surface area (Å²) >= 11 is 5.89. The Labute approximate surface area is 123 Å². The van der Waals surface area contributed by atoms with E-state index in [1.807, 2.05) is 36.4 Å². The van der Waals surface area contributed by atoms with Gasteiger partial charge >= 0.3 is 0 Å². The molecule has 0 aromatic heterocycles. The molecule has 0 heterocycles. The van der Waals surface area contributed by atoms with Crippen molar-refractivity contribution >= 4 is 11.6 Å². The summed E-state index contributed by atoms with van der Waals surface area (Å²) in [5.41, 5.74) is -0.00478. The van der Waals surface area contributed by atoms with Crippen LogP contribution in [0.1, 0.15) is 18.1 Å². The van der Waals surface area contributed by atoms with E-state index in [-0.39, 0.29) is 6.61 Å². The molecule has 0 radical (unpaired) electrons. The molecule has 0 bridgehead atoms. The Balaban J connectivity index is 2.17. The van der Waals surface area contributed by atoms with Crippen LogP contribution in [-0.4, -0.2) is 11.7 Å². The number of hydrogen-bond donors (Lipinski definition) is 1. The Morgan fingerprint density at radius 1 is 1.25 bits per heavy atom. The van der Waals surface area contributed by atoms with E-state index >= 15 is 0 Å². The lowest BCUT2D eigenvalue weighted by Gasteiger charge is -2.24. The highest BCUT2D eigenvalue weighted by Gasteiger charge is 2.24. The molecule has 2 aromatic carbocycles. The third-order valence-electron chi connectivity index (χ3n) is 2.97. The van der Waals surface area contributed by atoms with Gasteiger partial charge < -0.3 is 9.84 Å². The van der Waals surface area contributed by atoms with E-state index in [4.69, 9.17) is 21.6 Å². The van der Waals surface area contributed by atoms with Gasteiger partial charge in [-0.05, 0) is 24.6 Å². The Bertz CT molecular complexity index is 633. The molecule has 0 saturated carbocycles. The van der Waals surface area contributed by atoms with E-state index in [0.717, 1.165) is 5.56 Å². The number of nitriles is 1. The second kappa shape index (κ2) is 5.96. The predicted molar refractivity (Wildman–Crippen MR) is 77.7 cm³/mol. The van der Waals surface area contributed by atoms with Gasteiger partial charge in [-0.1, -0.05) is 41.9 Å². The van der Waals surface area contributed by atoms with Crippen LogP contribution in [-0.2, 0) is 5.60 Å². The van der Waals surface area contributed by atoms with Crippen molar-refractivity contribution in [1.82, 2.24) is 0 Å². The molecule has 2 rings (SSSR count). The summed E-state index contributed by atoms with van der Waals surface area (Å²) < 4.78 is 5.57. The first kappa shape index (κ1) is 14.4. The van der Waals surface area contributed by atoms with Crippen LogP contribution in [0.3, 0.4) is 0 Å². The molecule has 0 amide bonds. The zero-order valence-electron chi connectivity index (χ0n) is 11.0. The Morgan fingerprint density at radius 2 is 1.95 bits per heavy atom. The molecule has 4 heteroatoms. The van der Waals surface area contributed by atoms with Crippen molar-refractivity contribution in [3.05, 3.63) is 64.7 Å². The van der Waals surface area contributed by atoms with Gasteiger partial charge in [0.05, 0.1) is 5.56 Å². The second-order valence-electron chi connectivity index (χ2n) is 4.68. The van der Waals surface area contributed by atoms with Crippen molar-refractivity contribution in [3.8, 4) is 11.8 Å². The minimum Gasteiger partial charge on any atom is -0.489 e. The van der Waals surface area contributed by atoms with E-state index in [1.165, 1.54) is 0 Å². The Morgan fingerprint density at radius 3 is 2.60 bits per heavy atom. The highest BCUT2D eigenvalue weighted by atomic mass is 35.5. The van der Waals surface area contributed by atoms with Gasteiger partial charge in [0.2, 0.25) is 0 Å². The molecule has 3 nitrogen and oxygen atoms in total. The van der Waals surface area contributed by atoms with E-state index < -0.39 is 5.60 Å². The standard InChI is InChI=1S/C16H14ClNO2/c1-16(19,13-5-3-2-4-6-13)11-20-15-9-14(17)8-7-12(15)10-18/h2-9,19H,11H2,1H3. The maximum Gasteiger partial charge on any atom is 0.138 e. The van der Waals surface area contributed by atoms with E-state index in [0.29, 0.717) is 16.3 Å². The summed E-state index contributed by atoms with van der Waals surface area (Å²) in [6.07, 6.45) is 0. The van der Waals surface area contributed by atoms with Crippen LogP contribution in [0.15, 0.2) is 48.5 Å². The number of halogens is 1. The third kappa shape index (κ3) is 3.30. The van der Waals surface area contributed by atoms with Crippen molar-refractivity contribution < 1.29 is 9.84 Å². The lowest BCUT2D eigenvalue weighted by molar-refractivity contribution is 0.00751. The van der Waals surface area contributed by atoms with Gasteiger partial charge in [0.15, 0.2) is 0 Å². The predicted octanol–water partition coefficient (Wildman–Crippen LogP) is 3.50. The van der Waals surface area contributed by atoms with Gasteiger partial charge in [0.1, 0.15) is 24.0 Å². The van der Waals surface area contributed by atoms with Crippen LogP contribution >= 0.6 is 11.6 Å². The minimum absolute atomic E-state index is 0.0338. The van der Waals surface area contributed by atoms with Crippen molar-refractivity contribution in [2.24, 2.45) is 0 Å². The second-order valence-corrected chi connectivity index (χ2v) is 5.12. The monoisotopic (exact) mass is 287 g/mol. The topological polar surface area (TPSA) is 53.2 Å². The molecule has 0 aliphatic carbocycles. The molecule has 20 heavy (non-hydrogen) atoms. The van der Waals surface area contributed by atoms with Gasteiger partial charge in [-0.25, -0.2) is 0 Å². The SMILES string of the molecule is CC(O)(COc1cc(Cl)ccc1C#N)c1ccccc1. The summed E-state index contributed by atoms with van der Waals surface area (Å²) in [4.78, 5) is 0. The Kier molecular flexibility index (Phi) is 4.29. The van der Waals surface area contributed by atoms with Gasteiger partial charge in [-0.3, -0.25) is 0 Å². The molecule has 0 aliphatic rings. The fraction of sp³-hybridized carbons (Fsp3) is 0.188. The van der Waals surface area contributed by atoms with Gasteiger partial charge in [0, 0.05) is 11.1 Å². The maximum absolute atomic E-state index is 10.4. The third-order valence-corrected chi connectivity index (χ3v) is 3.20. The highest BCUT2D eigenvalue weighted by molar-refractivity contribution is 6.30. The lowest BCUT2D eigenvalue weighted by atomic mass is 9.97. The average molecular weight is 288 g/mol. The first-order valence-corrected chi connectivity index (χ1v) is 6.51. The summed E-state index contributed by atoms with van der Waals surface area (Å²) in [6.45, 7) is 1.70. The number of ether oxygens (including phenoxy) is 1. The molecule has 1 N–H and O–H groups in total. The summed E-state index contributed by atoms with van der Waals surface area (Å²) in [5.74, 6) is 0.371. The number of benzene rings is 2. The average Bonchev–Trinajstić information content (AvgIpc) is 2.46. The number of aliphatic hydroxyl groups is 1. The van der Waals surface area contributed by atoms with Crippen molar-refractivity contribution in [2.75, 3.05) is 6.61 Å². The highest BCUT2D eigenvalue weighted by Crippen LogP contribution is 2.26. The zero-order chi connectivity index (χ0) is 14.6. The quantitative estimate of drug-likeness (QED) is 0.936. The van der Waals surface area contributed by atoms with Crippen LogP contribution in [0.5, 0.6) is 5.75 Å². The van der Waals surface area contributed by atoms with Crippen molar-refractivity contribution in [1.29, 1.82) is 5.26 Å². The molecular weight excluding hydrogens is 274 g/mol. The first-order valence-electron chi connectivity index (χ1n) is 6.13. The zero-order valence-corrected chi connectivity index (χ0v) is 11.8. The molecule has 0 saturated heterocycles. The van der Waals surface area contributed by atoms with E-state index in [9.17, 15) is 5.11 Å². The lowest BCUT2D eigenvalue weighted by Crippen LogP contribution is -2.29. The van der Waals surface area contributed by atoms with Crippen LogP contribution in [0, 0.1) is 11.3 Å². The van der Waals surface area contributed by atoms with E-state index in [2.05, 4.69) is 0 Å². The van der Waals surface area contributed by atoms with Crippen molar-refractivity contribution in [3.63, 3.8) is 0 Å². The van der Waals surface area contributed by atoms with Gasteiger partial charge in [-0.15, -0.1) is 0 Å². The first-order chi connectivity index (χ1) is 9.53. The summed E-state index contributed by atoms with van der Waals surface area (Å²) in [5, 5.41) is 19.9. The number of nitrogens with zero attached hydrogens (tertiary/aromatic N) is 1. The molecule has 0 spiro atoms. The van der Waals surface area contributed by atoms with Crippen LogP contribution in [0.2, 0.25) is 5.02 Å². The Hall–Kier alpha value is -2.02. The largest absolute Gasteiger partial charge is 0.489 e. The van der Waals surface area contributed by atoms with E-state index in [1.54, 1.807) is 25.1 Å². The fourth-order valence-corrected chi connectivity index (χ4v) is 1.97. The fourth-order valence-electron chi connectivity index (χ4n) is 1.81. The maximum atomic E-state index is 10.4.